The molecule has 3 atom stereocenters. The number of aromatic nitrogens is 1. The van der Waals surface area contributed by atoms with E-state index in [1.54, 1.807) is 0 Å². The second kappa shape index (κ2) is 11.2. The van der Waals surface area contributed by atoms with Crippen molar-refractivity contribution in [3.05, 3.63) is 63.5 Å². The van der Waals surface area contributed by atoms with Gasteiger partial charge >= 0.3 is 6.18 Å². The molecule has 2 aliphatic carbocycles. The molecule has 39 heavy (non-hydrogen) atoms. The highest BCUT2D eigenvalue weighted by molar-refractivity contribution is 5.53. The van der Waals surface area contributed by atoms with Gasteiger partial charge in [-0.2, -0.15) is 13.2 Å². The number of fused-ring (bicyclic) bond motifs is 2. The molecule has 1 N–H and O–H groups in total. The van der Waals surface area contributed by atoms with Gasteiger partial charge in [-0.1, -0.05) is 72.9 Å². The Morgan fingerprint density at radius 3 is 2.10 bits per heavy atom. The molecule has 2 heterocycles. The largest absolute Gasteiger partial charge is 0.416 e. The summed E-state index contributed by atoms with van der Waals surface area (Å²) in [7, 11) is 0. The molecule has 0 amide bonds. The van der Waals surface area contributed by atoms with E-state index in [9.17, 15) is 18.3 Å². The van der Waals surface area contributed by atoms with Gasteiger partial charge in [0.25, 0.3) is 0 Å². The van der Waals surface area contributed by atoms with Crippen LogP contribution in [-0.4, -0.2) is 10.1 Å². The number of rotatable bonds is 4. The number of pyridine rings is 1. The van der Waals surface area contributed by atoms with Crippen LogP contribution in [0, 0.1) is 11.3 Å². The topological polar surface area (TPSA) is 42.4 Å². The standard InChI is InChI=1S/C28H34F3NO2.C5H12/c1-5-27(4)25-23(24(34-27)17-10-12-18(13-11-17)28(29,30)31)21(16-8-6-7-9-16)22-19(32-25)14-26(2,3)15-20(22)33;1-4-5(2)3/h10-13,16,20,24,33H,5-9,14-15H2,1-4H3;5H,4H2,1-3H3. The highest BCUT2D eigenvalue weighted by Crippen LogP contribution is 2.55. The lowest BCUT2D eigenvalue weighted by Gasteiger charge is -2.37. The van der Waals surface area contributed by atoms with Crippen LogP contribution in [0.15, 0.2) is 24.3 Å². The molecule has 0 spiro atoms. The van der Waals surface area contributed by atoms with Crippen LogP contribution < -0.4 is 0 Å². The van der Waals surface area contributed by atoms with Crippen LogP contribution in [0.5, 0.6) is 0 Å². The minimum atomic E-state index is -4.38. The predicted molar refractivity (Wildman–Crippen MR) is 150 cm³/mol. The van der Waals surface area contributed by atoms with Crippen molar-refractivity contribution in [2.45, 2.75) is 130 Å². The summed E-state index contributed by atoms with van der Waals surface area (Å²) >= 11 is 0. The Morgan fingerprint density at radius 2 is 1.59 bits per heavy atom. The first-order valence-corrected chi connectivity index (χ1v) is 14.8. The molecule has 6 heteroatoms. The summed E-state index contributed by atoms with van der Waals surface area (Å²) < 4.78 is 46.3. The number of aliphatic hydroxyl groups is 1. The maximum Gasteiger partial charge on any atom is 0.416 e. The quantitative estimate of drug-likeness (QED) is 0.416. The third-order valence-electron chi connectivity index (χ3n) is 9.05. The molecular formula is C33H46F3NO2. The molecule has 0 saturated heterocycles. The van der Waals surface area contributed by atoms with Crippen molar-refractivity contribution in [3.8, 4) is 0 Å². The molecule has 5 rings (SSSR count). The minimum absolute atomic E-state index is 0.0461. The zero-order valence-electron chi connectivity index (χ0n) is 24.7. The molecule has 2 aromatic rings. The van der Waals surface area contributed by atoms with Gasteiger partial charge < -0.3 is 9.84 Å². The van der Waals surface area contributed by atoms with Crippen molar-refractivity contribution < 1.29 is 23.0 Å². The molecule has 1 aromatic carbocycles. The Kier molecular flexibility index (Phi) is 8.60. The molecule has 0 bridgehead atoms. The fraction of sp³-hybridized carbons (Fsp3) is 0.667. The summed E-state index contributed by atoms with van der Waals surface area (Å²) in [5.41, 5.74) is 4.38. The van der Waals surface area contributed by atoms with Gasteiger partial charge in [-0.25, -0.2) is 0 Å². The molecule has 1 aliphatic heterocycles. The first kappa shape index (κ1) is 30.0. The van der Waals surface area contributed by atoms with E-state index in [1.165, 1.54) is 24.1 Å². The average molecular weight is 546 g/mol. The maximum absolute atomic E-state index is 13.2. The zero-order valence-corrected chi connectivity index (χ0v) is 24.7. The number of hydrogen-bond acceptors (Lipinski definition) is 3. The first-order valence-electron chi connectivity index (χ1n) is 14.8. The average Bonchev–Trinajstić information content (AvgIpc) is 3.49. The van der Waals surface area contributed by atoms with Gasteiger partial charge in [0.05, 0.1) is 17.4 Å². The van der Waals surface area contributed by atoms with Crippen molar-refractivity contribution in [3.63, 3.8) is 0 Å². The fourth-order valence-corrected chi connectivity index (χ4v) is 6.37. The number of benzene rings is 1. The molecule has 216 valence electrons. The van der Waals surface area contributed by atoms with Crippen LogP contribution in [0.4, 0.5) is 13.2 Å². The van der Waals surface area contributed by atoms with E-state index in [-0.39, 0.29) is 5.41 Å². The van der Waals surface area contributed by atoms with Gasteiger partial charge in [-0.15, -0.1) is 0 Å². The number of alkyl halides is 3. The summed E-state index contributed by atoms with van der Waals surface area (Å²) in [4.78, 5) is 5.16. The molecule has 1 saturated carbocycles. The Bertz CT molecular complexity index is 1150. The lowest BCUT2D eigenvalue weighted by molar-refractivity contribution is -0.137. The fourth-order valence-electron chi connectivity index (χ4n) is 6.37. The molecular weight excluding hydrogens is 499 g/mol. The van der Waals surface area contributed by atoms with Crippen LogP contribution in [-0.2, 0) is 22.9 Å². The third-order valence-corrected chi connectivity index (χ3v) is 9.05. The highest BCUT2D eigenvalue weighted by atomic mass is 19.4. The second-order valence-corrected chi connectivity index (χ2v) is 13.2. The number of ether oxygens (including phenoxy) is 1. The van der Waals surface area contributed by atoms with E-state index in [0.717, 1.165) is 72.7 Å². The Hall–Kier alpha value is -1.92. The minimum Gasteiger partial charge on any atom is -0.388 e. The van der Waals surface area contributed by atoms with E-state index >= 15 is 0 Å². The number of nitrogens with zero attached hydrogens (tertiary/aromatic N) is 1. The van der Waals surface area contributed by atoms with E-state index in [0.29, 0.717) is 24.3 Å². The molecule has 3 nitrogen and oxygen atoms in total. The third kappa shape index (κ3) is 6.07. The van der Waals surface area contributed by atoms with E-state index in [1.807, 2.05) is 6.92 Å². The number of halogens is 3. The summed E-state index contributed by atoms with van der Waals surface area (Å²) in [6.45, 7) is 15.1. The molecule has 0 radical (unpaired) electrons. The van der Waals surface area contributed by atoms with Crippen molar-refractivity contribution in [2.75, 3.05) is 0 Å². The van der Waals surface area contributed by atoms with Crippen molar-refractivity contribution >= 4 is 0 Å². The second-order valence-electron chi connectivity index (χ2n) is 13.2. The highest BCUT2D eigenvalue weighted by Gasteiger charge is 2.48. The molecule has 1 fully saturated rings. The molecule has 3 unspecified atom stereocenters. The molecule has 1 aromatic heterocycles. The monoisotopic (exact) mass is 545 g/mol. The van der Waals surface area contributed by atoms with Gasteiger partial charge in [0.15, 0.2) is 0 Å². The summed E-state index contributed by atoms with van der Waals surface area (Å²) in [5.74, 6) is 1.20. The zero-order chi connectivity index (χ0) is 28.8. The number of hydrogen-bond donors (Lipinski definition) is 1. The summed E-state index contributed by atoms with van der Waals surface area (Å²) in [5, 5.41) is 11.3. The van der Waals surface area contributed by atoms with Gasteiger partial charge in [0.1, 0.15) is 11.7 Å². The Morgan fingerprint density at radius 1 is 1.00 bits per heavy atom. The predicted octanol–water partition coefficient (Wildman–Crippen LogP) is 9.56. The first-order chi connectivity index (χ1) is 18.2. The van der Waals surface area contributed by atoms with Crippen LogP contribution in [0.2, 0.25) is 0 Å². The van der Waals surface area contributed by atoms with Crippen molar-refractivity contribution in [1.82, 2.24) is 4.98 Å². The van der Waals surface area contributed by atoms with Crippen LogP contribution >= 0.6 is 0 Å². The van der Waals surface area contributed by atoms with E-state index in [2.05, 4.69) is 41.5 Å². The Balaban J connectivity index is 0.000000648. The van der Waals surface area contributed by atoms with Crippen molar-refractivity contribution in [1.29, 1.82) is 0 Å². The van der Waals surface area contributed by atoms with E-state index in [4.69, 9.17) is 9.72 Å². The number of aliphatic hydroxyl groups excluding tert-OH is 1. The van der Waals surface area contributed by atoms with Crippen LogP contribution in [0.25, 0.3) is 0 Å². The molecule has 3 aliphatic rings. The van der Waals surface area contributed by atoms with Gasteiger partial charge in [0.2, 0.25) is 0 Å². The SMILES string of the molecule is CCC(C)C.CCC1(C)OC(c2ccc(C(F)(F)F)cc2)c2c1nc1c(c2C2CCCC2)C(O)CC(C)(C)C1. The maximum atomic E-state index is 13.2. The Labute approximate surface area is 232 Å². The van der Waals surface area contributed by atoms with Crippen LogP contribution in [0.3, 0.4) is 0 Å². The van der Waals surface area contributed by atoms with Crippen LogP contribution in [0.1, 0.15) is 151 Å². The van der Waals surface area contributed by atoms with Crippen molar-refractivity contribution in [2.24, 2.45) is 11.3 Å². The normalized spacial score (nSPS) is 26.3. The lowest BCUT2D eigenvalue weighted by Crippen LogP contribution is -2.30. The van der Waals surface area contributed by atoms with Gasteiger partial charge in [0, 0.05) is 16.8 Å². The summed E-state index contributed by atoms with van der Waals surface area (Å²) in [6.07, 6.45) is 2.45. The lowest BCUT2D eigenvalue weighted by atomic mass is 9.70. The smallest absolute Gasteiger partial charge is 0.388 e. The van der Waals surface area contributed by atoms with Gasteiger partial charge in [-0.05, 0) is 79.5 Å². The van der Waals surface area contributed by atoms with Gasteiger partial charge in [-0.3, -0.25) is 4.98 Å². The summed E-state index contributed by atoms with van der Waals surface area (Å²) in [6, 6.07) is 5.35. The van der Waals surface area contributed by atoms with E-state index < -0.39 is 29.5 Å².